The molecule has 3 atom stereocenters. The van der Waals surface area contributed by atoms with E-state index in [1.165, 1.54) is 11.0 Å². The Kier molecular flexibility index (Phi) is 6.27. The highest BCUT2D eigenvalue weighted by atomic mass is 19.1. The minimum absolute atomic E-state index is 0.00178. The number of hydrogen-bond donors (Lipinski definition) is 1. The molecular weight excluding hydrogens is 425 g/mol. The third-order valence-corrected chi connectivity index (χ3v) is 6.87. The van der Waals surface area contributed by atoms with Crippen molar-refractivity contribution in [2.75, 3.05) is 0 Å². The molecule has 0 radical (unpaired) electrons. The minimum Gasteiger partial charge on any atom is -0.458 e. The van der Waals surface area contributed by atoms with Gasteiger partial charge in [0, 0.05) is 25.3 Å². The average molecular weight is 456 g/mol. The van der Waals surface area contributed by atoms with E-state index in [2.05, 4.69) is 13.8 Å². The van der Waals surface area contributed by atoms with Gasteiger partial charge in [0.15, 0.2) is 0 Å². The predicted molar refractivity (Wildman–Crippen MR) is 120 cm³/mol. The van der Waals surface area contributed by atoms with Crippen LogP contribution in [0.3, 0.4) is 0 Å². The molecule has 2 fully saturated rings. The fourth-order valence-corrected chi connectivity index (χ4v) is 5.27. The highest BCUT2D eigenvalue weighted by molar-refractivity contribution is 6.02. The summed E-state index contributed by atoms with van der Waals surface area (Å²) in [4.78, 5) is 38.1. The molecule has 7 heteroatoms. The molecule has 2 saturated heterocycles. The number of allylic oxidation sites excluding steroid dienone is 2. The molecule has 176 valence electrons. The van der Waals surface area contributed by atoms with Crippen LogP contribution in [0.5, 0.6) is 0 Å². The summed E-state index contributed by atoms with van der Waals surface area (Å²) in [6, 6.07) is 4.67. The molecular formula is C26H30FNO5. The second kappa shape index (κ2) is 8.86. The summed E-state index contributed by atoms with van der Waals surface area (Å²) in [6.07, 6.45) is 4.34. The molecule has 0 spiro atoms. The highest BCUT2D eigenvalue weighted by Crippen LogP contribution is 2.47. The van der Waals surface area contributed by atoms with Crippen LogP contribution in [0.2, 0.25) is 0 Å². The van der Waals surface area contributed by atoms with Gasteiger partial charge in [0.1, 0.15) is 11.9 Å². The van der Waals surface area contributed by atoms with E-state index in [1.54, 1.807) is 25.1 Å². The summed E-state index contributed by atoms with van der Waals surface area (Å²) in [5, 5.41) is 9.93. The van der Waals surface area contributed by atoms with Gasteiger partial charge in [-0.2, -0.15) is 0 Å². The normalized spacial score (nSPS) is 28.1. The first-order valence-electron chi connectivity index (χ1n) is 11.5. The van der Waals surface area contributed by atoms with Crippen molar-refractivity contribution in [1.82, 2.24) is 4.90 Å². The summed E-state index contributed by atoms with van der Waals surface area (Å²) in [7, 11) is 0. The smallest absolute Gasteiger partial charge is 0.309 e. The summed E-state index contributed by atoms with van der Waals surface area (Å²) in [5.41, 5.74) is 2.87. The Balaban J connectivity index is 1.76. The molecule has 3 aliphatic rings. The molecule has 1 aromatic carbocycles. The van der Waals surface area contributed by atoms with E-state index in [0.29, 0.717) is 24.8 Å². The van der Waals surface area contributed by atoms with E-state index in [0.717, 1.165) is 16.7 Å². The van der Waals surface area contributed by atoms with Gasteiger partial charge in [-0.1, -0.05) is 26.0 Å². The van der Waals surface area contributed by atoms with E-state index < -0.39 is 23.6 Å². The molecule has 2 aliphatic heterocycles. The van der Waals surface area contributed by atoms with Gasteiger partial charge < -0.3 is 9.84 Å². The number of rotatable bonds is 4. The molecule has 0 saturated carbocycles. The molecule has 1 unspecified atom stereocenters. The van der Waals surface area contributed by atoms with Crippen LogP contribution in [0.15, 0.2) is 35.9 Å². The van der Waals surface area contributed by atoms with Crippen LogP contribution < -0.4 is 0 Å². The van der Waals surface area contributed by atoms with Gasteiger partial charge in [-0.15, -0.1) is 0 Å². The minimum atomic E-state index is -0.731. The Bertz CT molecular complexity index is 1040. The van der Waals surface area contributed by atoms with Crippen LogP contribution in [0.1, 0.15) is 63.5 Å². The summed E-state index contributed by atoms with van der Waals surface area (Å²) in [6.45, 7) is 5.82. The van der Waals surface area contributed by atoms with E-state index in [9.17, 15) is 23.9 Å². The Labute approximate surface area is 193 Å². The van der Waals surface area contributed by atoms with Crippen LogP contribution >= 0.6 is 0 Å². The van der Waals surface area contributed by atoms with Crippen LogP contribution in [0, 0.1) is 18.2 Å². The van der Waals surface area contributed by atoms with Gasteiger partial charge in [-0.3, -0.25) is 19.3 Å². The largest absolute Gasteiger partial charge is 0.458 e. The van der Waals surface area contributed by atoms with Crippen molar-refractivity contribution in [2.45, 2.75) is 77.5 Å². The number of benzene rings is 1. The number of carbonyl (C=O) groups excluding carboxylic acids is 3. The Morgan fingerprint density at radius 3 is 2.48 bits per heavy atom. The number of aryl methyl sites for hydroxylation is 1. The molecule has 1 N–H and O–H groups in total. The molecule has 4 rings (SSSR count). The lowest BCUT2D eigenvalue weighted by atomic mass is 9.68. The molecule has 1 aliphatic carbocycles. The van der Waals surface area contributed by atoms with Crippen molar-refractivity contribution < 1.29 is 28.6 Å². The number of aliphatic hydroxyl groups excluding tert-OH is 1. The molecule has 2 heterocycles. The number of amides is 2. The van der Waals surface area contributed by atoms with Gasteiger partial charge in [0.05, 0.1) is 12.5 Å². The lowest BCUT2D eigenvalue weighted by Gasteiger charge is -2.41. The number of aliphatic hydroxyl groups is 1. The van der Waals surface area contributed by atoms with Crippen LogP contribution in [0.25, 0.3) is 5.57 Å². The predicted octanol–water partition coefficient (Wildman–Crippen LogP) is 3.85. The lowest BCUT2D eigenvalue weighted by molar-refractivity contribution is -0.156. The number of halogens is 1. The number of nitrogens with zero attached hydrogens (tertiary/aromatic N) is 1. The number of cyclic esters (lactones) is 1. The fraction of sp³-hybridized carbons (Fsp3) is 0.500. The van der Waals surface area contributed by atoms with E-state index in [4.69, 9.17) is 4.74 Å². The third-order valence-electron chi connectivity index (χ3n) is 6.87. The van der Waals surface area contributed by atoms with Gasteiger partial charge in [0.2, 0.25) is 11.8 Å². The van der Waals surface area contributed by atoms with E-state index in [-0.39, 0.29) is 42.9 Å². The molecule has 1 aromatic rings. The third kappa shape index (κ3) is 4.78. The van der Waals surface area contributed by atoms with Gasteiger partial charge in [-0.05, 0) is 65.7 Å². The topological polar surface area (TPSA) is 83.9 Å². The zero-order chi connectivity index (χ0) is 23.9. The number of hydrogen-bond acceptors (Lipinski definition) is 5. The maximum atomic E-state index is 14.0. The van der Waals surface area contributed by atoms with Crippen molar-refractivity contribution in [3.63, 3.8) is 0 Å². The average Bonchev–Trinajstić information content (AvgIpc) is 3.05. The molecule has 0 bridgehead atoms. The van der Waals surface area contributed by atoms with Crippen LogP contribution in [0.4, 0.5) is 4.39 Å². The number of likely N-dealkylation sites (tertiary alicyclic amines) is 1. The number of imide groups is 1. The zero-order valence-electron chi connectivity index (χ0n) is 19.3. The van der Waals surface area contributed by atoms with Gasteiger partial charge in [0.25, 0.3) is 0 Å². The van der Waals surface area contributed by atoms with Crippen molar-refractivity contribution in [3.05, 3.63) is 52.9 Å². The first-order valence-corrected chi connectivity index (χ1v) is 11.5. The summed E-state index contributed by atoms with van der Waals surface area (Å²) < 4.78 is 19.4. The lowest BCUT2D eigenvalue weighted by Crippen LogP contribution is -2.44. The monoisotopic (exact) mass is 455 g/mol. The van der Waals surface area contributed by atoms with Crippen molar-refractivity contribution in [1.29, 1.82) is 0 Å². The maximum Gasteiger partial charge on any atom is 0.309 e. The second-order valence-electron chi connectivity index (χ2n) is 9.94. The Morgan fingerprint density at radius 1 is 1.15 bits per heavy atom. The SMILES string of the molecule is Cc1cc(C2=C(/C=C/[C@H]3C[C@H](O)CC(=O)O3)C(C)(C)CC(N3C(=O)CCC3=O)C2)ccc1F. The zero-order valence-corrected chi connectivity index (χ0v) is 19.3. The van der Waals surface area contributed by atoms with Crippen molar-refractivity contribution >= 4 is 23.4 Å². The second-order valence-corrected chi connectivity index (χ2v) is 9.94. The van der Waals surface area contributed by atoms with E-state index in [1.807, 2.05) is 6.08 Å². The van der Waals surface area contributed by atoms with Crippen molar-refractivity contribution in [2.24, 2.45) is 5.41 Å². The number of esters is 1. The Hall–Kier alpha value is -2.80. The number of carbonyl (C=O) groups is 3. The summed E-state index contributed by atoms with van der Waals surface area (Å²) in [5.74, 6) is -1.01. The molecule has 6 nitrogen and oxygen atoms in total. The van der Waals surface area contributed by atoms with E-state index >= 15 is 0 Å². The first-order chi connectivity index (χ1) is 15.5. The van der Waals surface area contributed by atoms with Crippen LogP contribution in [-0.4, -0.2) is 46.0 Å². The van der Waals surface area contributed by atoms with Crippen molar-refractivity contribution in [3.8, 4) is 0 Å². The standard InChI is InChI=1S/C26H30FNO5/c1-15-10-16(4-7-22(15)27)20-11-17(28-23(30)8-9-24(28)31)14-26(2,3)21(20)6-5-19-12-18(29)13-25(32)33-19/h4-7,10,17-19,29H,8-9,11-14H2,1-3H3/b6-5+/t17?,18-,19-/m0/s1. The quantitative estimate of drug-likeness (QED) is 0.551. The maximum absolute atomic E-state index is 14.0. The Morgan fingerprint density at radius 2 is 1.85 bits per heavy atom. The van der Waals surface area contributed by atoms with Gasteiger partial charge >= 0.3 is 5.97 Å². The summed E-state index contributed by atoms with van der Waals surface area (Å²) >= 11 is 0. The molecule has 0 aromatic heterocycles. The fourth-order valence-electron chi connectivity index (χ4n) is 5.27. The van der Waals surface area contributed by atoms with Crippen LogP contribution in [-0.2, 0) is 19.1 Å². The highest BCUT2D eigenvalue weighted by Gasteiger charge is 2.42. The van der Waals surface area contributed by atoms with Gasteiger partial charge in [-0.25, -0.2) is 4.39 Å². The number of ether oxygens (including phenoxy) is 1. The molecule has 2 amide bonds. The first kappa shape index (κ1) is 23.4. The molecule has 33 heavy (non-hydrogen) atoms.